The topological polar surface area (TPSA) is 100 Å². The highest BCUT2D eigenvalue weighted by atomic mass is 16.5. The molecule has 0 saturated carbocycles. The summed E-state index contributed by atoms with van der Waals surface area (Å²) in [5.41, 5.74) is 3.64. The van der Waals surface area contributed by atoms with Gasteiger partial charge in [-0.2, -0.15) is 5.10 Å². The number of amides is 2. The summed E-state index contributed by atoms with van der Waals surface area (Å²) in [6, 6.07) is 13.4. The van der Waals surface area contributed by atoms with Crippen LogP contribution in [0.25, 0.3) is 0 Å². The van der Waals surface area contributed by atoms with Crippen molar-refractivity contribution in [2.75, 3.05) is 12.4 Å². The van der Waals surface area contributed by atoms with E-state index < -0.39 is 0 Å². The Hall–Kier alpha value is -3.35. The molecule has 0 aliphatic carbocycles. The van der Waals surface area contributed by atoms with Gasteiger partial charge >= 0.3 is 0 Å². The predicted octanol–water partition coefficient (Wildman–Crippen LogP) is 2.27. The molecule has 0 radical (unpaired) electrons. The van der Waals surface area contributed by atoms with Crippen molar-refractivity contribution in [2.45, 2.75) is 12.8 Å². The summed E-state index contributed by atoms with van der Waals surface area (Å²) >= 11 is 0. The van der Waals surface area contributed by atoms with Crippen LogP contribution >= 0.6 is 0 Å². The highest BCUT2D eigenvalue weighted by Crippen LogP contribution is 2.23. The van der Waals surface area contributed by atoms with Crippen molar-refractivity contribution in [3.63, 3.8) is 0 Å². The molecule has 0 saturated heterocycles. The van der Waals surface area contributed by atoms with E-state index in [0.29, 0.717) is 11.4 Å². The van der Waals surface area contributed by atoms with Crippen molar-refractivity contribution >= 4 is 23.7 Å². The zero-order chi connectivity index (χ0) is 18.1. The summed E-state index contributed by atoms with van der Waals surface area (Å²) in [5, 5.41) is 15.7. The molecule has 2 aromatic carbocycles. The lowest BCUT2D eigenvalue weighted by atomic mass is 10.2. The third-order valence-corrected chi connectivity index (χ3v) is 3.26. The minimum absolute atomic E-state index is 0.00784. The molecule has 3 N–H and O–H groups in total. The molecule has 25 heavy (non-hydrogen) atoms. The standard InChI is InChI=1S/C18H19N3O4/c1-25-16-5-3-2-4-15(16)20-17(23)10-11-18(24)21-19-12-13-6-8-14(22)9-7-13/h2-9,12,22H,10-11H2,1H3,(H,20,23)(H,21,24)/b19-12+. The van der Waals surface area contributed by atoms with Crippen molar-refractivity contribution in [3.8, 4) is 11.5 Å². The first-order valence-corrected chi connectivity index (χ1v) is 7.62. The van der Waals surface area contributed by atoms with Gasteiger partial charge in [0.25, 0.3) is 0 Å². The molecule has 0 aliphatic rings. The van der Waals surface area contributed by atoms with E-state index in [9.17, 15) is 14.7 Å². The van der Waals surface area contributed by atoms with Gasteiger partial charge in [0.1, 0.15) is 11.5 Å². The van der Waals surface area contributed by atoms with Crippen molar-refractivity contribution in [2.24, 2.45) is 5.10 Å². The average molecular weight is 341 g/mol. The number of anilines is 1. The fourth-order valence-electron chi connectivity index (χ4n) is 1.98. The Kier molecular flexibility index (Phi) is 6.53. The summed E-state index contributed by atoms with van der Waals surface area (Å²) in [4.78, 5) is 23.6. The number of aromatic hydroxyl groups is 1. The molecule has 7 nitrogen and oxygen atoms in total. The molecule has 0 atom stereocenters. The van der Waals surface area contributed by atoms with Crippen LogP contribution in [0.2, 0.25) is 0 Å². The van der Waals surface area contributed by atoms with Gasteiger partial charge < -0.3 is 15.2 Å². The number of phenolic OH excluding ortho intramolecular Hbond substituents is 1. The number of para-hydroxylation sites is 2. The maximum Gasteiger partial charge on any atom is 0.240 e. The lowest BCUT2D eigenvalue weighted by Crippen LogP contribution is -2.20. The smallest absolute Gasteiger partial charge is 0.240 e. The normalized spacial score (nSPS) is 10.4. The van der Waals surface area contributed by atoms with E-state index in [4.69, 9.17) is 4.74 Å². The zero-order valence-corrected chi connectivity index (χ0v) is 13.7. The Morgan fingerprint density at radius 1 is 1.08 bits per heavy atom. The van der Waals surface area contributed by atoms with Crippen LogP contribution in [-0.4, -0.2) is 30.2 Å². The van der Waals surface area contributed by atoms with Gasteiger partial charge in [0, 0.05) is 12.8 Å². The molecule has 2 aromatic rings. The number of carbonyl (C=O) groups excluding carboxylic acids is 2. The van der Waals surface area contributed by atoms with Gasteiger partial charge in [-0.25, -0.2) is 5.43 Å². The maximum atomic E-state index is 11.9. The first kappa shape index (κ1) is 18.0. The number of benzene rings is 2. The fraction of sp³-hybridized carbons (Fsp3) is 0.167. The molecule has 130 valence electrons. The van der Waals surface area contributed by atoms with Crippen LogP contribution in [0.5, 0.6) is 11.5 Å². The maximum absolute atomic E-state index is 11.9. The van der Waals surface area contributed by atoms with E-state index in [1.165, 1.54) is 25.5 Å². The van der Waals surface area contributed by atoms with Crippen LogP contribution in [0.4, 0.5) is 5.69 Å². The second kappa shape index (κ2) is 9.07. The van der Waals surface area contributed by atoms with E-state index in [1.807, 2.05) is 0 Å². The lowest BCUT2D eigenvalue weighted by Gasteiger charge is -2.09. The molecule has 0 bridgehead atoms. The van der Waals surface area contributed by atoms with E-state index in [0.717, 1.165) is 5.56 Å². The van der Waals surface area contributed by atoms with Crippen LogP contribution in [0.1, 0.15) is 18.4 Å². The number of hydrogen-bond donors (Lipinski definition) is 3. The summed E-state index contributed by atoms with van der Waals surface area (Å²) in [6.45, 7) is 0. The summed E-state index contributed by atoms with van der Waals surface area (Å²) in [7, 11) is 1.52. The van der Waals surface area contributed by atoms with Crippen molar-refractivity contribution < 1.29 is 19.4 Å². The zero-order valence-electron chi connectivity index (χ0n) is 13.7. The molecule has 2 amide bonds. The van der Waals surface area contributed by atoms with Crippen molar-refractivity contribution in [1.82, 2.24) is 5.43 Å². The second-order valence-corrected chi connectivity index (χ2v) is 5.13. The number of nitrogens with one attached hydrogen (secondary N) is 2. The molecule has 0 unspecified atom stereocenters. The summed E-state index contributed by atoms with van der Waals surface area (Å²) in [5.74, 6) is 0.0495. The molecule has 2 rings (SSSR count). The van der Waals surface area contributed by atoms with E-state index in [-0.39, 0.29) is 30.4 Å². The van der Waals surface area contributed by atoms with Gasteiger partial charge in [-0.15, -0.1) is 0 Å². The van der Waals surface area contributed by atoms with Gasteiger partial charge in [0.15, 0.2) is 0 Å². The van der Waals surface area contributed by atoms with E-state index in [2.05, 4.69) is 15.8 Å². The second-order valence-electron chi connectivity index (χ2n) is 5.13. The van der Waals surface area contributed by atoms with Crippen LogP contribution in [0.15, 0.2) is 53.6 Å². The number of phenols is 1. The number of hydrazone groups is 1. The van der Waals surface area contributed by atoms with Crippen LogP contribution in [0, 0.1) is 0 Å². The quantitative estimate of drug-likeness (QED) is 0.531. The molecular weight excluding hydrogens is 322 g/mol. The Labute approximate surface area is 145 Å². The Balaban J connectivity index is 1.75. The SMILES string of the molecule is COc1ccccc1NC(=O)CCC(=O)N/N=C/c1ccc(O)cc1. The molecule has 0 spiro atoms. The van der Waals surface area contributed by atoms with Crippen molar-refractivity contribution in [1.29, 1.82) is 0 Å². The molecule has 0 heterocycles. The van der Waals surface area contributed by atoms with Gasteiger partial charge in [0.05, 0.1) is 19.0 Å². The average Bonchev–Trinajstić information content (AvgIpc) is 2.62. The monoisotopic (exact) mass is 341 g/mol. The van der Waals surface area contributed by atoms with Crippen molar-refractivity contribution in [3.05, 3.63) is 54.1 Å². The van der Waals surface area contributed by atoms with Gasteiger partial charge in [-0.3, -0.25) is 9.59 Å². The predicted molar refractivity (Wildman–Crippen MR) is 94.7 cm³/mol. The first-order chi connectivity index (χ1) is 12.1. The largest absolute Gasteiger partial charge is 0.508 e. The summed E-state index contributed by atoms with van der Waals surface area (Å²) < 4.78 is 5.15. The number of rotatable bonds is 7. The van der Waals surface area contributed by atoms with E-state index >= 15 is 0 Å². The number of nitrogens with zero attached hydrogens (tertiary/aromatic N) is 1. The fourth-order valence-corrected chi connectivity index (χ4v) is 1.98. The Morgan fingerprint density at radius 3 is 2.48 bits per heavy atom. The molecular formula is C18H19N3O4. The van der Waals surface area contributed by atoms with Crippen LogP contribution in [0.3, 0.4) is 0 Å². The minimum atomic E-state index is -0.370. The number of methoxy groups -OCH3 is 1. The minimum Gasteiger partial charge on any atom is -0.508 e. The Bertz CT molecular complexity index is 757. The Morgan fingerprint density at radius 2 is 1.76 bits per heavy atom. The third-order valence-electron chi connectivity index (χ3n) is 3.26. The van der Waals surface area contributed by atoms with E-state index in [1.54, 1.807) is 36.4 Å². The van der Waals surface area contributed by atoms with Gasteiger partial charge in [-0.05, 0) is 42.0 Å². The third kappa shape index (κ3) is 5.98. The van der Waals surface area contributed by atoms with Crippen LogP contribution in [-0.2, 0) is 9.59 Å². The van der Waals surface area contributed by atoms with Crippen LogP contribution < -0.4 is 15.5 Å². The molecule has 0 aromatic heterocycles. The lowest BCUT2D eigenvalue weighted by molar-refractivity contribution is -0.124. The number of carbonyl (C=O) groups is 2. The highest BCUT2D eigenvalue weighted by molar-refractivity contribution is 5.94. The first-order valence-electron chi connectivity index (χ1n) is 7.62. The highest BCUT2D eigenvalue weighted by Gasteiger charge is 2.09. The molecule has 7 heteroatoms. The van der Waals surface area contributed by atoms with Gasteiger partial charge in [-0.1, -0.05) is 12.1 Å². The molecule has 0 aliphatic heterocycles. The van der Waals surface area contributed by atoms with Gasteiger partial charge in [0.2, 0.25) is 11.8 Å². The number of hydrogen-bond acceptors (Lipinski definition) is 5. The molecule has 0 fully saturated rings. The summed E-state index contributed by atoms with van der Waals surface area (Å²) in [6.07, 6.45) is 1.48. The number of ether oxygens (including phenoxy) is 1.